The number of hydrogen-bond donors (Lipinski definition) is 2. The molecule has 0 unspecified atom stereocenters. The van der Waals surface area contributed by atoms with Gasteiger partial charge in [-0.3, -0.25) is 9.59 Å². The summed E-state index contributed by atoms with van der Waals surface area (Å²) in [5.41, 5.74) is 4.32. The van der Waals surface area contributed by atoms with E-state index < -0.39 is 18.5 Å². The van der Waals surface area contributed by atoms with E-state index in [9.17, 15) is 14.4 Å². The van der Waals surface area contributed by atoms with Crippen molar-refractivity contribution in [1.82, 2.24) is 5.32 Å². The molecule has 0 atom stereocenters. The van der Waals surface area contributed by atoms with E-state index in [1.807, 2.05) is 32.9 Å². The molecule has 1 aromatic heterocycles. The Morgan fingerprint density at radius 2 is 1.66 bits per heavy atom. The molecule has 2 aromatic carbocycles. The molecule has 2 amide bonds. The standard InChI is InChI=1S/C24H23ClN2O5/c1-14-10-15(2)23(16(3)11-14)27-21(28)12-26-22(29)13-31-24(30)20-9-8-19(32-20)17-6-4-5-7-18(17)25/h4-11H,12-13H2,1-3H3,(H,26,29)(H,27,28). The molecule has 0 radical (unpaired) electrons. The van der Waals surface area contributed by atoms with Crippen LogP contribution in [0.25, 0.3) is 11.3 Å². The Morgan fingerprint density at radius 3 is 2.34 bits per heavy atom. The minimum absolute atomic E-state index is 0.0595. The van der Waals surface area contributed by atoms with Crippen LogP contribution in [-0.2, 0) is 14.3 Å². The second kappa shape index (κ2) is 10.2. The number of carbonyl (C=O) groups excluding carboxylic acids is 3. The van der Waals surface area contributed by atoms with Gasteiger partial charge in [0.2, 0.25) is 11.7 Å². The maximum Gasteiger partial charge on any atom is 0.374 e. The van der Waals surface area contributed by atoms with Crippen LogP contribution in [-0.4, -0.2) is 30.9 Å². The zero-order chi connectivity index (χ0) is 23.3. The van der Waals surface area contributed by atoms with Crippen molar-refractivity contribution >= 4 is 35.1 Å². The van der Waals surface area contributed by atoms with E-state index in [4.69, 9.17) is 20.8 Å². The number of amides is 2. The molecule has 0 saturated carbocycles. The van der Waals surface area contributed by atoms with Crippen molar-refractivity contribution in [3.63, 3.8) is 0 Å². The fourth-order valence-corrected chi connectivity index (χ4v) is 3.48. The van der Waals surface area contributed by atoms with Crippen molar-refractivity contribution in [2.24, 2.45) is 0 Å². The summed E-state index contributed by atoms with van der Waals surface area (Å²) < 4.78 is 10.4. The average molecular weight is 455 g/mol. The first-order valence-corrected chi connectivity index (χ1v) is 10.3. The fourth-order valence-electron chi connectivity index (χ4n) is 3.25. The van der Waals surface area contributed by atoms with Gasteiger partial charge in [-0.2, -0.15) is 0 Å². The lowest BCUT2D eigenvalue weighted by molar-refractivity contribution is -0.126. The van der Waals surface area contributed by atoms with E-state index >= 15 is 0 Å². The third kappa shape index (κ3) is 5.76. The van der Waals surface area contributed by atoms with Crippen molar-refractivity contribution in [3.8, 4) is 11.3 Å². The zero-order valence-corrected chi connectivity index (χ0v) is 18.7. The monoisotopic (exact) mass is 454 g/mol. The first-order valence-electron chi connectivity index (χ1n) is 9.91. The number of aryl methyl sites for hydroxylation is 3. The Morgan fingerprint density at radius 1 is 0.969 bits per heavy atom. The highest BCUT2D eigenvalue weighted by atomic mass is 35.5. The van der Waals surface area contributed by atoms with Crippen LogP contribution in [0.1, 0.15) is 27.2 Å². The number of rotatable bonds is 7. The number of benzene rings is 2. The highest BCUT2D eigenvalue weighted by Crippen LogP contribution is 2.29. The predicted molar refractivity (Wildman–Crippen MR) is 122 cm³/mol. The lowest BCUT2D eigenvalue weighted by Crippen LogP contribution is -2.35. The first-order chi connectivity index (χ1) is 15.2. The molecule has 8 heteroatoms. The molecule has 0 aliphatic rings. The van der Waals surface area contributed by atoms with Gasteiger partial charge >= 0.3 is 5.97 Å². The van der Waals surface area contributed by atoms with Gasteiger partial charge in [0, 0.05) is 11.3 Å². The van der Waals surface area contributed by atoms with Gasteiger partial charge in [-0.1, -0.05) is 41.4 Å². The molecular formula is C24H23ClN2O5. The normalized spacial score (nSPS) is 10.5. The Balaban J connectivity index is 1.47. The topological polar surface area (TPSA) is 97.6 Å². The third-order valence-corrected chi connectivity index (χ3v) is 5.00. The van der Waals surface area contributed by atoms with Crippen LogP contribution in [0.3, 0.4) is 0 Å². The number of hydrogen-bond acceptors (Lipinski definition) is 5. The van der Waals surface area contributed by atoms with Crippen LogP contribution in [0.4, 0.5) is 5.69 Å². The van der Waals surface area contributed by atoms with Gasteiger partial charge in [-0.15, -0.1) is 0 Å². The highest BCUT2D eigenvalue weighted by Gasteiger charge is 2.17. The van der Waals surface area contributed by atoms with Crippen LogP contribution in [0.2, 0.25) is 5.02 Å². The summed E-state index contributed by atoms with van der Waals surface area (Å²) in [7, 11) is 0. The number of furan rings is 1. The largest absolute Gasteiger partial charge is 0.450 e. The molecule has 3 aromatic rings. The van der Waals surface area contributed by atoms with Crippen molar-refractivity contribution in [2.45, 2.75) is 20.8 Å². The molecule has 0 aliphatic heterocycles. The lowest BCUT2D eigenvalue weighted by Gasteiger charge is -2.13. The van der Waals surface area contributed by atoms with Gasteiger partial charge in [0.1, 0.15) is 5.76 Å². The molecule has 1 heterocycles. The molecular weight excluding hydrogens is 432 g/mol. The second-order valence-corrected chi connectivity index (χ2v) is 7.73. The van der Waals surface area contributed by atoms with E-state index in [0.29, 0.717) is 22.0 Å². The molecule has 0 aliphatic carbocycles. The number of anilines is 1. The summed E-state index contributed by atoms with van der Waals surface area (Å²) in [6.45, 7) is 4.99. The quantitative estimate of drug-likeness (QED) is 0.514. The number of carbonyl (C=O) groups is 3. The summed E-state index contributed by atoms with van der Waals surface area (Å²) >= 11 is 6.12. The van der Waals surface area contributed by atoms with Crippen LogP contribution in [0.15, 0.2) is 52.9 Å². The Hall–Kier alpha value is -3.58. The van der Waals surface area contributed by atoms with Gasteiger partial charge in [-0.25, -0.2) is 4.79 Å². The molecule has 32 heavy (non-hydrogen) atoms. The number of esters is 1. The van der Waals surface area contributed by atoms with Gasteiger partial charge < -0.3 is 19.8 Å². The van der Waals surface area contributed by atoms with Crippen molar-refractivity contribution < 1.29 is 23.5 Å². The van der Waals surface area contributed by atoms with Crippen LogP contribution < -0.4 is 10.6 Å². The second-order valence-electron chi connectivity index (χ2n) is 7.32. The zero-order valence-electron chi connectivity index (χ0n) is 18.0. The van der Waals surface area contributed by atoms with Crippen molar-refractivity contribution in [3.05, 3.63) is 76.0 Å². The minimum atomic E-state index is -0.797. The fraction of sp³-hybridized carbons (Fsp3) is 0.208. The average Bonchev–Trinajstić information content (AvgIpc) is 3.23. The first kappa shape index (κ1) is 23.1. The highest BCUT2D eigenvalue weighted by molar-refractivity contribution is 6.33. The van der Waals surface area contributed by atoms with Crippen LogP contribution in [0.5, 0.6) is 0 Å². The van der Waals surface area contributed by atoms with Crippen molar-refractivity contribution in [2.75, 3.05) is 18.5 Å². The maximum atomic E-state index is 12.2. The van der Waals surface area contributed by atoms with E-state index in [-0.39, 0.29) is 18.2 Å². The van der Waals surface area contributed by atoms with Gasteiger partial charge in [-0.05, 0) is 56.2 Å². The number of nitrogens with one attached hydrogen (secondary N) is 2. The predicted octanol–water partition coefficient (Wildman–Crippen LogP) is 4.44. The molecule has 3 rings (SSSR count). The summed E-state index contributed by atoms with van der Waals surface area (Å²) in [6, 6.07) is 14.0. The molecule has 0 saturated heterocycles. The van der Waals surface area contributed by atoms with E-state index in [0.717, 1.165) is 16.7 Å². The Bertz CT molecular complexity index is 1150. The molecule has 2 N–H and O–H groups in total. The van der Waals surface area contributed by atoms with Crippen LogP contribution in [0, 0.1) is 20.8 Å². The summed E-state index contributed by atoms with van der Waals surface area (Å²) in [5, 5.41) is 5.69. The smallest absolute Gasteiger partial charge is 0.374 e. The lowest BCUT2D eigenvalue weighted by atomic mass is 10.1. The minimum Gasteiger partial charge on any atom is -0.450 e. The Labute approximate surface area is 190 Å². The van der Waals surface area contributed by atoms with Gasteiger partial charge in [0.25, 0.3) is 5.91 Å². The van der Waals surface area contributed by atoms with Gasteiger partial charge in [0.05, 0.1) is 11.6 Å². The van der Waals surface area contributed by atoms with E-state index in [1.54, 1.807) is 30.3 Å². The Kier molecular flexibility index (Phi) is 7.33. The molecule has 166 valence electrons. The van der Waals surface area contributed by atoms with Gasteiger partial charge in [0.15, 0.2) is 6.61 Å². The van der Waals surface area contributed by atoms with E-state index in [2.05, 4.69) is 10.6 Å². The van der Waals surface area contributed by atoms with Crippen molar-refractivity contribution in [1.29, 1.82) is 0 Å². The number of halogens is 1. The van der Waals surface area contributed by atoms with E-state index in [1.165, 1.54) is 6.07 Å². The summed E-state index contributed by atoms with van der Waals surface area (Å²) in [6.07, 6.45) is 0. The SMILES string of the molecule is Cc1cc(C)c(NC(=O)CNC(=O)COC(=O)c2ccc(-c3ccccc3Cl)o2)c(C)c1. The number of ether oxygens (including phenoxy) is 1. The maximum absolute atomic E-state index is 12.2. The van der Waals surface area contributed by atoms with Crippen LogP contribution >= 0.6 is 11.6 Å². The molecule has 0 fully saturated rings. The summed E-state index contributed by atoms with van der Waals surface area (Å²) in [4.78, 5) is 36.3. The molecule has 7 nitrogen and oxygen atoms in total. The summed E-state index contributed by atoms with van der Waals surface area (Å²) in [5.74, 6) is -1.44. The molecule has 0 bridgehead atoms. The molecule has 0 spiro atoms. The third-order valence-electron chi connectivity index (χ3n) is 4.67.